The van der Waals surface area contributed by atoms with Crippen molar-refractivity contribution >= 4 is 22.4 Å². The summed E-state index contributed by atoms with van der Waals surface area (Å²) in [7, 11) is 0. The van der Waals surface area contributed by atoms with Crippen LogP contribution in [0, 0.1) is 0 Å². The fourth-order valence-corrected chi connectivity index (χ4v) is 3.36. The van der Waals surface area contributed by atoms with Crippen molar-refractivity contribution in [3.05, 3.63) is 10.6 Å². The number of fused-ring (bicyclic) bond motifs is 1. The van der Waals surface area contributed by atoms with Crippen molar-refractivity contribution in [2.24, 2.45) is 0 Å². The van der Waals surface area contributed by atoms with E-state index in [0.717, 1.165) is 54.8 Å². The molecule has 1 N–H and O–H groups in total. The lowest BCUT2D eigenvalue weighted by Crippen LogP contribution is -2.36. The molecule has 0 spiro atoms. The molecule has 0 saturated carbocycles. The van der Waals surface area contributed by atoms with Gasteiger partial charge in [0.2, 0.25) is 0 Å². The van der Waals surface area contributed by atoms with Gasteiger partial charge < -0.3 is 15.0 Å². The molecule has 6 heteroatoms. The number of morpholine rings is 1. The molecule has 1 saturated heterocycles. The molecule has 0 aliphatic carbocycles. The maximum atomic E-state index is 12.0. The van der Waals surface area contributed by atoms with Crippen molar-refractivity contribution in [2.75, 3.05) is 31.2 Å². The van der Waals surface area contributed by atoms with Crippen LogP contribution < -0.4 is 10.2 Å². The van der Waals surface area contributed by atoms with Gasteiger partial charge in [-0.05, 0) is 19.8 Å². The number of ether oxygens (including phenoxy) is 1. The Morgan fingerprint density at radius 3 is 3.00 bits per heavy atom. The van der Waals surface area contributed by atoms with E-state index in [2.05, 4.69) is 15.2 Å². The van der Waals surface area contributed by atoms with Crippen LogP contribution in [-0.2, 0) is 11.2 Å². The van der Waals surface area contributed by atoms with Gasteiger partial charge in [-0.1, -0.05) is 11.3 Å². The minimum absolute atomic E-state index is 0.0343. The van der Waals surface area contributed by atoms with E-state index < -0.39 is 0 Å². The van der Waals surface area contributed by atoms with Gasteiger partial charge in [-0.2, -0.15) is 0 Å². The van der Waals surface area contributed by atoms with Crippen molar-refractivity contribution in [3.8, 4) is 0 Å². The Balaban J connectivity index is 1.85. The second-order valence-corrected chi connectivity index (χ2v) is 5.76. The number of aromatic nitrogens is 1. The number of hydrogen-bond acceptors (Lipinski definition) is 5. The van der Waals surface area contributed by atoms with Gasteiger partial charge in [-0.25, -0.2) is 4.98 Å². The average Bonchev–Trinajstić information content (AvgIpc) is 2.76. The van der Waals surface area contributed by atoms with Crippen LogP contribution in [0.2, 0.25) is 0 Å². The number of amides is 1. The molecule has 1 atom stereocenters. The van der Waals surface area contributed by atoms with Crippen molar-refractivity contribution < 1.29 is 9.53 Å². The summed E-state index contributed by atoms with van der Waals surface area (Å²) in [6.07, 6.45) is 1.85. The van der Waals surface area contributed by atoms with Crippen LogP contribution in [0.4, 0.5) is 5.13 Å². The molecule has 0 radical (unpaired) electrons. The van der Waals surface area contributed by atoms with Gasteiger partial charge in [-0.15, -0.1) is 0 Å². The Morgan fingerprint density at radius 1 is 1.44 bits per heavy atom. The topological polar surface area (TPSA) is 54.5 Å². The van der Waals surface area contributed by atoms with Gasteiger partial charge in [0, 0.05) is 19.1 Å². The number of rotatable bonds is 1. The number of hydrogen-bond donors (Lipinski definition) is 1. The summed E-state index contributed by atoms with van der Waals surface area (Å²) in [5, 5.41) is 3.97. The van der Waals surface area contributed by atoms with Gasteiger partial charge in [0.05, 0.1) is 18.9 Å². The first-order valence-corrected chi connectivity index (χ1v) is 7.19. The third-order valence-corrected chi connectivity index (χ3v) is 4.52. The highest BCUT2D eigenvalue weighted by Crippen LogP contribution is 2.29. The molecule has 1 amide bonds. The highest BCUT2D eigenvalue weighted by Gasteiger charge is 2.25. The third kappa shape index (κ3) is 2.22. The van der Waals surface area contributed by atoms with Crippen molar-refractivity contribution in [1.29, 1.82) is 0 Å². The van der Waals surface area contributed by atoms with Crippen LogP contribution in [0.15, 0.2) is 0 Å². The molecular weight excluding hydrogens is 250 g/mol. The highest BCUT2D eigenvalue weighted by atomic mass is 32.1. The predicted octanol–water partition coefficient (Wildman–Crippen LogP) is 1.04. The van der Waals surface area contributed by atoms with E-state index in [1.807, 2.05) is 6.92 Å². The first-order chi connectivity index (χ1) is 8.74. The van der Waals surface area contributed by atoms with Crippen molar-refractivity contribution in [1.82, 2.24) is 10.3 Å². The Labute approximate surface area is 110 Å². The minimum atomic E-state index is 0.0343. The lowest BCUT2D eigenvalue weighted by molar-refractivity contribution is 0.0946. The molecule has 1 fully saturated rings. The molecule has 98 valence electrons. The van der Waals surface area contributed by atoms with Gasteiger partial charge in [0.1, 0.15) is 4.88 Å². The summed E-state index contributed by atoms with van der Waals surface area (Å²) in [6.45, 7) is 5.26. The zero-order valence-corrected chi connectivity index (χ0v) is 11.3. The number of carbonyl (C=O) groups excluding carboxylic acids is 1. The maximum Gasteiger partial charge on any atom is 0.263 e. The fourth-order valence-electron chi connectivity index (χ4n) is 2.29. The number of nitrogens with zero attached hydrogens (tertiary/aromatic N) is 2. The second kappa shape index (κ2) is 4.85. The Bertz CT molecular complexity index is 454. The first kappa shape index (κ1) is 11.9. The molecule has 3 heterocycles. The van der Waals surface area contributed by atoms with E-state index in [1.54, 1.807) is 0 Å². The summed E-state index contributed by atoms with van der Waals surface area (Å²) >= 11 is 1.51. The molecule has 0 bridgehead atoms. The Hall–Kier alpha value is -1.14. The molecule has 2 aliphatic heterocycles. The molecular formula is C12H17N3O2S. The van der Waals surface area contributed by atoms with E-state index in [1.165, 1.54) is 11.3 Å². The van der Waals surface area contributed by atoms with Gasteiger partial charge >= 0.3 is 0 Å². The highest BCUT2D eigenvalue weighted by molar-refractivity contribution is 7.17. The van der Waals surface area contributed by atoms with Gasteiger partial charge in [-0.3, -0.25) is 4.79 Å². The average molecular weight is 267 g/mol. The zero-order valence-electron chi connectivity index (χ0n) is 10.4. The molecule has 2 aliphatic rings. The monoisotopic (exact) mass is 267 g/mol. The normalized spacial score (nSPS) is 24.4. The van der Waals surface area contributed by atoms with E-state index in [9.17, 15) is 4.79 Å². The van der Waals surface area contributed by atoms with Crippen LogP contribution in [0.25, 0.3) is 0 Å². The number of aryl methyl sites for hydroxylation is 1. The van der Waals surface area contributed by atoms with Crippen molar-refractivity contribution in [2.45, 2.75) is 25.8 Å². The summed E-state index contributed by atoms with van der Waals surface area (Å²) in [6, 6.07) is 0.241. The number of carbonyl (C=O) groups is 1. The minimum Gasteiger partial charge on any atom is -0.378 e. The van der Waals surface area contributed by atoms with Crippen LogP contribution >= 0.6 is 11.3 Å². The summed E-state index contributed by atoms with van der Waals surface area (Å²) in [5.41, 5.74) is 0.961. The van der Waals surface area contributed by atoms with E-state index in [-0.39, 0.29) is 11.9 Å². The SMILES string of the molecule is CC1CCc2nc(N3CCOCC3)sc2C(=O)N1. The standard InChI is InChI=1S/C12H17N3O2S/c1-8-2-3-9-10(11(16)13-8)18-12(14-9)15-4-6-17-7-5-15/h8H,2-7H2,1H3,(H,13,16). The fraction of sp³-hybridized carbons (Fsp3) is 0.667. The van der Waals surface area contributed by atoms with E-state index >= 15 is 0 Å². The van der Waals surface area contributed by atoms with Crippen LogP contribution in [-0.4, -0.2) is 43.2 Å². The lowest BCUT2D eigenvalue weighted by atomic mass is 10.2. The first-order valence-electron chi connectivity index (χ1n) is 6.37. The second-order valence-electron chi connectivity index (χ2n) is 4.78. The van der Waals surface area contributed by atoms with Crippen molar-refractivity contribution in [3.63, 3.8) is 0 Å². The van der Waals surface area contributed by atoms with Crippen LogP contribution in [0.3, 0.4) is 0 Å². The lowest BCUT2D eigenvalue weighted by Gasteiger charge is -2.26. The van der Waals surface area contributed by atoms with E-state index in [0.29, 0.717) is 0 Å². The quantitative estimate of drug-likeness (QED) is 0.826. The molecule has 18 heavy (non-hydrogen) atoms. The maximum absolute atomic E-state index is 12.0. The summed E-state index contributed by atoms with van der Waals surface area (Å²) in [4.78, 5) is 19.7. The molecule has 3 rings (SSSR count). The summed E-state index contributed by atoms with van der Waals surface area (Å²) < 4.78 is 5.33. The molecule has 1 aromatic rings. The van der Waals surface area contributed by atoms with Gasteiger partial charge in [0.15, 0.2) is 5.13 Å². The number of anilines is 1. The molecule has 1 aromatic heterocycles. The van der Waals surface area contributed by atoms with E-state index in [4.69, 9.17) is 4.74 Å². The molecule has 5 nitrogen and oxygen atoms in total. The van der Waals surface area contributed by atoms with Gasteiger partial charge in [0.25, 0.3) is 5.91 Å². The zero-order chi connectivity index (χ0) is 12.5. The third-order valence-electron chi connectivity index (χ3n) is 3.37. The molecule has 0 aromatic carbocycles. The number of nitrogens with one attached hydrogen (secondary N) is 1. The largest absolute Gasteiger partial charge is 0.378 e. The predicted molar refractivity (Wildman–Crippen MR) is 70.4 cm³/mol. The van der Waals surface area contributed by atoms with Crippen LogP contribution in [0.1, 0.15) is 28.7 Å². The van der Waals surface area contributed by atoms with Crippen LogP contribution in [0.5, 0.6) is 0 Å². The molecule has 1 unspecified atom stereocenters. The summed E-state index contributed by atoms with van der Waals surface area (Å²) in [5.74, 6) is 0.0343. The smallest absolute Gasteiger partial charge is 0.263 e. The Kier molecular flexibility index (Phi) is 3.22. The Morgan fingerprint density at radius 2 is 2.22 bits per heavy atom. The number of thiazole rings is 1.